The minimum absolute atomic E-state index is 0.0745. The van der Waals surface area contributed by atoms with E-state index in [1.807, 2.05) is 13.8 Å². The molecule has 1 saturated heterocycles. The van der Waals surface area contributed by atoms with Crippen molar-refractivity contribution in [2.75, 3.05) is 13.1 Å². The molecule has 0 aromatic heterocycles. The Balaban J connectivity index is 2.63. The summed E-state index contributed by atoms with van der Waals surface area (Å²) in [7, 11) is 0. The van der Waals surface area contributed by atoms with Gasteiger partial charge in [0.1, 0.15) is 0 Å². The second-order valence-corrected chi connectivity index (χ2v) is 5.00. The van der Waals surface area contributed by atoms with Crippen LogP contribution < -0.4 is 5.32 Å². The Kier molecular flexibility index (Phi) is 3.78. The summed E-state index contributed by atoms with van der Waals surface area (Å²) >= 11 is 0. The van der Waals surface area contributed by atoms with E-state index in [0.717, 1.165) is 6.42 Å². The van der Waals surface area contributed by atoms with Crippen LogP contribution in [0.2, 0.25) is 0 Å². The first-order valence-electron chi connectivity index (χ1n) is 5.64. The van der Waals surface area contributed by atoms with Crippen molar-refractivity contribution >= 4 is 12.0 Å². The third-order valence-electron chi connectivity index (χ3n) is 2.91. The highest BCUT2D eigenvalue weighted by atomic mass is 16.4. The quantitative estimate of drug-likeness (QED) is 0.748. The molecule has 0 bridgehead atoms. The molecule has 0 spiro atoms. The molecular weight excluding hydrogens is 208 g/mol. The lowest BCUT2D eigenvalue weighted by atomic mass is 9.82. The van der Waals surface area contributed by atoms with Crippen molar-refractivity contribution in [3.63, 3.8) is 0 Å². The third kappa shape index (κ3) is 2.87. The van der Waals surface area contributed by atoms with E-state index in [2.05, 4.69) is 5.32 Å². The van der Waals surface area contributed by atoms with Crippen LogP contribution >= 0.6 is 0 Å². The molecule has 92 valence electrons. The van der Waals surface area contributed by atoms with Crippen LogP contribution in [0.3, 0.4) is 0 Å². The largest absolute Gasteiger partial charge is 0.481 e. The summed E-state index contributed by atoms with van der Waals surface area (Å²) < 4.78 is 0. The summed E-state index contributed by atoms with van der Waals surface area (Å²) in [5.41, 5.74) is -0.799. The number of urea groups is 1. The number of nitrogens with zero attached hydrogens (tertiary/aromatic N) is 1. The van der Waals surface area contributed by atoms with Crippen molar-refractivity contribution in [3.8, 4) is 0 Å². The van der Waals surface area contributed by atoms with E-state index in [9.17, 15) is 9.59 Å². The van der Waals surface area contributed by atoms with E-state index in [-0.39, 0.29) is 12.1 Å². The molecule has 0 aromatic carbocycles. The van der Waals surface area contributed by atoms with Gasteiger partial charge in [0.15, 0.2) is 0 Å². The number of carboxylic acids is 1. The van der Waals surface area contributed by atoms with Crippen molar-refractivity contribution in [3.05, 3.63) is 0 Å². The summed E-state index contributed by atoms with van der Waals surface area (Å²) in [6, 6.07) is -0.0901. The third-order valence-corrected chi connectivity index (χ3v) is 2.91. The highest BCUT2D eigenvalue weighted by Gasteiger charge is 2.39. The predicted octanol–water partition coefficient (Wildman–Crippen LogP) is 1.29. The molecule has 1 fully saturated rings. The monoisotopic (exact) mass is 228 g/mol. The van der Waals surface area contributed by atoms with Crippen LogP contribution in [0.25, 0.3) is 0 Å². The van der Waals surface area contributed by atoms with E-state index in [4.69, 9.17) is 5.11 Å². The Morgan fingerprint density at radius 3 is 2.56 bits per heavy atom. The SMILES string of the molecule is CC(C)NC(=O)N1CCCC(C)(C(=O)O)C1. The summed E-state index contributed by atoms with van der Waals surface area (Å²) in [5.74, 6) is -0.824. The summed E-state index contributed by atoms with van der Waals surface area (Å²) in [6.45, 7) is 6.41. The number of hydrogen-bond donors (Lipinski definition) is 2. The van der Waals surface area contributed by atoms with Crippen molar-refractivity contribution in [2.24, 2.45) is 5.41 Å². The van der Waals surface area contributed by atoms with E-state index in [1.54, 1.807) is 11.8 Å². The van der Waals surface area contributed by atoms with Gasteiger partial charge in [-0.2, -0.15) is 0 Å². The molecule has 1 unspecified atom stereocenters. The van der Waals surface area contributed by atoms with Gasteiger partial charge in [0.05, 0.1) is 5.41 Å². The van der Waals surface area contributed by atoms with E-state index in [1.165, 1.54) is 0 Å². The predicted molar refractivity (Wildman–Crippen MR) is 60.2 cm³/mol. The van der Waals surface area contributed by atoms with Gasteiger partial charge in [-0.15, -0.1) is 0 Å². The van der Waals surface area contributed by atoms with Gasteiger partial charge >= 0.3 is 12.0 Å². The van der Waals surface area contributed by atoms with Crippen molar-refractivity contribution in [1.82, 2.24) is 10.2 Å². The molecule has 1 rings (SSSR count). The molecule has 16 heavy (non-hydrogen) atoms. The van der Waals surface area contributed by atoms with Gasteiger partial charge in [-0.3, -0.25) is 4.79 Å². The van der Waals surface area contributed by atoms with Crippen LogP contribution in [0.4, 0.5) is 4.79 Å². The van der Waals surface area contributed by atoms with Crippen LogP contribution in [-0.4, -0.2) is 41.1 Å². The first-order valence-corrected chi connectivity index (χ1v) is 5.64. The average Bonchev–Trinajstić information content (AvgIpc) is 2.16. The molecule has 0 aromatic rings. The topological polar surface area (TPSA) is 69.6 Å². The molecule has 1 atom stereocenters. The molecule has 1 aliphatic heterocycles. The molecular formula is C11H20N2O3. The first-order chi connectivity index (χ1) is 7.35. The van der Waals surface area contributed by atoms with Gasteiger partial charge in [-0.05, 0) is 33.6 Å². The maximum atomic E-state index is 11.7. The second-order valence-electron chi connectivity index (χ2n) is 5.00. The number of amides is 2. The number of hydrogen-bond acceptors (Lipinski definition) is 2. The summed E-state index contributed by atoms with van der Waals surface area (Å²) in [5, 5.41) is 11.9. The lowest BCUT2D eigenvalue weighted by molar-refractivity contribution is -0.150. The fourth-order valence-electron chi connectivity index (χ4n) is 1.93. The molecule has 1 aliphatic rings. The smallest absolute Gasteiger partial charge is 0.317 e. The van der Waals surface area contributed by atoms with Gasteiger partial charge < -0.3 is 15.3 Å². The minimum Gasteiger partial charge on any atom is -0.481 e. The second kappa shape index (κ2) is 4.72. The summed E-state index contributed by atoms with van der Waals surface area (Å²) in [6.07, 6.45) is 1.38. The minimum atomic E-state index is -0.824. The molecule has 2 amide bonds. The maximum Gasteiger partial charge on any atom is 0.317 e. The molecule has 0 radical (unpaired) electrons. The van der Waals surface area contributed by atoms with Gasteiger partial charge in [0.2, 0.25) is 0 Å². The Labute approximate surface area is 95.8 Å². The summed E-state index contributed by atoms with van der Waals surface area (Å²) in [4.78, 5) is 24.4. The van der Waals surface area contributed by atoms with Crippen LogP contribution in [0.1, 0.15) is 33.6 Å². The Bertz CT molecular complexity index is 291. The van der Waals surface area contributed by atoms with Crippen LogP contribution in [-0.2, 0) is 4.79 Å². The number of carbonyl (C=O) groups is 2. The van der Waals surface area contributed by atoms with Crippen molar-refractivity contribution < 1.29 is 14.7 Å². The lowest BCUT2D eigenvalue weighted by Gasteiger charge is -2.37. The van der Waals surface area contributed by atoms with Crippen LogP contribution in [0, 0.1) is 5.41 Å². The molecule has 2 N–H and O–H groups in total. The molecule has 5 nitrogen and oxygen atoms in total. The number of likely N-dealkylation sites (tertiary alicyclic amines) is 1. The number of carbonyl (C=O) groups excluding carboxylic acids is 1. The number of carboxylic acid groups (broad SMARTS) is 1. The normalized spacial score (nSPS) is 25.6. The van der Waals surface area contributed by atoms with Gasteiger partial charge in [0, 0.05) is 19.1 Å². The number of rotatable bonds is 2. The molecule has 0 aliphatic carbocycles. The molecule has 1 heterocycles. The highest BCUT2D eigenvalue weighted by molar-refractivity contribution is 5.78. The van der Waals surface area contributed by atoms with Crippen molar-refractivity contribution in [2.45, 2.75) is 39.7 Å². The molecule has 5 heteroatoms. The number of nitrogens with one attached hydrogen (secondary N) is 1. The fourth-order valence-corrected chi connectivity index (χ4v) is 1.93. The Morgan fingerprint density at radius 2 is 2.06 bits per heavy atom. The zero-order valence-electron chi connectivity index (χ0n) is 10.1. The van der Waals surface area contributed by atoms with Crippen LogP contribution in [0.5, 0.6) is 0 Å². The zero-order chi connectivity index (χ0) is 12.3. The van der Waals surface area contributed by atoms with Crippen molar-refractivity contribution in [1.29, 1.82) is 0 Å². The van der Waals surface area contributed by atoms with E-state index >= 15 is 0 Å². The zero-order valence-corrected chi connectivity index (χ0v) is 10.1. The van der Waals surface area contributed by atoms with Gasteiger partial charge in [-0.1, -0.05) is 0 Å². The van der Waals surface area contributed by atoms with E-state index in [0.29, 0.717) is 19.5 Å². The highest BCUT2D eigenvalue weighted by Crippen LogP contribution is 2.29. The maximum absolute atomic E-state index is 11.7. The Morgan fingerprint density at radius 1 is 1.44 bits per heavy atom. The number of aliphatic carboxylic acids is 1. The lowest BCUT2D eigenvalue weighted by Crippen LogP contribution is -2.52. The number of piperidine rings is 1. The molecule has 0 saturated carbocycles. The van der Waals surface area contributed by atoms with E-state index < -0.39 is 11.4 Å². The Hall–Kier alpha value is -1.26. The fraction of sp³-hybridized carbons (Fsp3) is 0.818. The average molecular weight is 228 g/mol. The standard InChI is InChI=1S/C11H20N2O3/c1-8(2)12-10(16)13-6-4-5-11(3,7-13)9(14)15/h8H,4-7H2,1-3H3,(H,12,16)(H,14,15). The first kappa shape index (κ1) is 12.8. The van der Waals surface area contributed by atoms with Gasteiger partial charge in [-0.25, -0.2) is 4.79 Å². The van der Waals surface area contributed by atoms with Crippen LogP contribution in [0.15, 0.2) is 0 Å². The van der Waals surface area contributed by atoms with Gasteiger partial charge in [0.25, 0.3) is 0 Å².